The molecule has 1 aromatic heterocycles. The topological polar surface area (TPSA) is 77.2 Å². The minimum atomic E-state index is -0.963. The highest BCUT2D eigenvalue weighted by Crippen LogP contribution is 2.35. The van der Waals surface area contributed by atoms with E-state index in [0.717, 1.165) is 45.6 Å². The second kappa shape index (κ2) is 9.30. The van der Waals surface area contributed by atoms with E-state index in [4.69, 9.17) is 4.98 Å². The van der Waals surface area contributed by atoms with Crippen molar-refractivity contribution in [3.63, 3.8) is 0 Å². The molecule has 0 saturated carbocycles. The summed E-state index contributed by atoms with van der Waals surface area (Å²) in [4.78, 5) is 18.4. The van der Waals surface area contributed by atoms with E-state index in [-0.39, 0.29) is 13.0 Å². The Kier molecular flexibility index (Phi) is 7.25. The second-order valence-corrected chi connectivity index (χ2v) is 9.31. The van der Waals surface area contributed by atoms with Crippen molar-refractivity contribution < 1.29 is 9.90 Å². The molecule has 1 amide bonds. The standard InChI is InChI=1S/C25H33N3O2/c1-16(2)14-22-21(15-28(24(29)30)25(5,6)7)23(19-10-8-17(3)9-11-19)20(12-13-26)18(4)27-22/h8-11,16H,12,14-15H2,1-7H3,(H,29,30). The normalized spacial score (nSPS) is 11.4. The molecule has 1 heterocycles. The summed E-state index contributed by atoms with van der Waals surface area (Å²) in [5.41, 5.74) is 6.07. The van der Waals surface area contributed by atoms with Crippen LogP contribution < -0.4 is 0 Å². The van der Waals surface area contributed by atoms with E-state index in [2.05, 4.69) is 32.0 Å². The predicted molar refractivity (Wildman–Crippen MR) is 120 cm³/mol. The lowest BCUT2D eigenvalue weighted by atomic mass is 9.88. The highest BCUT2D eigenvalue weighted by molar-refractivity contribution is 5.74. The zero-order valence-electron chi connectivity index (χ0n) is 19.2. The van der Waals surface area contributed by atoms with Gasteiger partial charge >= 0.3 is 6.09 Å². The number of hydrogen-bond acceptors (Lipinski definition) is 3. The summed E-state index contributed by atoms with van der Waals surface area (Å²) in [6, 6.07) is 10.5. The summed E-state index contributed by atoms with van der Waals surface area (Å²) in [5, 5.41) is 19.4. The number of pyridine rings is 1. The molecule has 0 aliphatic heterocycles. The monoisotopic (exact) mass is 407 g/mol. The van der Waals surface area contributed by atoms with Gasteiger partial charge in [-0.3, -0.25) is 9.88 Å². The molecule has 30 heavy (non-hydrogen) atoms. The zero-order valence-corrected chi connectivity index (χ0v) is 19.2. The first-order valence-electron chi connectivity index (χ1n) is 10.4. The Morgan fingerprint density at radius 2 is 1.77 bits per heavy atom. The van der Waals surface area contributed by atoms with Crippen molar-refractivity contribution in [2.75, 3.05) is 0 Å². The van der Waals surface area contributed by atoms with Gasteiger partial charge in [0.15, 0.2) is 0 Å². The molecule has 0 bridgehead atoms. The molecule has 0 spiro atoms. The average molecular weight is 408 g/mol. The number of carboxylic acid groups (broad SMARTS) is 1. The van der Waals surface area contributed by atoms with Crippen LogP contribution in [0.2, 0.25) is 0 Å². The lowest BCUT2D eigenvalue weighted by Crippen LogP contribution is -2.44. The lowest BCUT2D eigenvalue weighted by Gasteiger charge is -2.35. The van der Waals surface area contributed by atoms with E-state index in [0.29, 0.717) is 5.92 Å². The van der Waals surface area contributed by atoms with E-state index in [9.17, 15) is 15.2 Å². The highest BCUT2D eigenvalue weighted by atomic mass is 16.4. The lowest BCUT2D eigenvalue weighted by molar-refractivity contribution is 0.0954. The van der Waals surface area contributed by atoms with Gasteiger partial charge in [-0.1, -0.05) is 43.7 Å². The molecule has 0 saturated heterocycles. The van der Waals surface area contributed by atoms with E-state index in [1.54, 1.807) is 0 Å². The largest absolute Gasteiger partial charge is 0.465 e. The van der Waals surface area contributed by atoms with Gasteiger partial charge in [0.1, 0.15) is 0 Å². The highest BCUT2D eigenvalue weighted by Gasteiger charge is 2.30. The van der Waals surface area contributed by atoms with Gasteiger partial charge in [-0.2, -0.15) is 5.26 Å². The van der Waals surface area contributed by atoms with Gasteiger partial charge < -0.3 is 5.11 Å². The number of amides is 1. The Bertz CT molecular complexity index is 948. The molecule has 0 atom stereocenters. The number of aryl methyl sites for hydroxylation is 2. The number of aromatic nitrogens is 1. The van der Waals surface area contributed by atoms with Crippen LogP contribution in [0.4, 0.5) is 4.79 Å². The maximum atomic E-state index is 12.1. The van der Waals surface area contributed by atoms with Gasteiger partial charge in [0.25, 0.3) is 0 Å². The molecule has 0 fully saturated rings. The summed E-state index contributed by atoms with van der Waals surface area (Å²) in [5.74, 6) is 0.372. The summed E-state index contributed by atoms with van der Waals surface area (Å²) in [7, 11) is 0. The fraction of sp³-hybridized carbons (Fsp3) is 0.480. The van der Waals surface area contributed by atoms with Crippen LogP contribution in [-0.4, -0.2) is 26.6 Å². The van der Waals surface area contributed by atoms with Crippen molar-refractivity contribution in [1.82, 2.24) is 9.88 Å². The Hall–Kier alpha value is -2.87. The smallest absolute Gasteiger partial charge is 0.408 e. The molecule has 5 heteroatoms. The molecule has 0 radical (unpaired) electrons. The fourth-order valence-corrected chi connectivity index (χ4v) is 3.68. The molecule has 1 N–H and O–H groups in total. The fourth-order valence-electron chi connectivity index (χ4n) is 3.68. The van der Waals surface area contributed by atoms with Crippen LogP contribution in [0.15, 0.2) is 24.3 Å². The molecular formula is C25H33N3O2. The third kappa shape index (κ3) is 5.38. The number of rotatable bonds is 6. The maximum absolute atomic E-state index is 12.1. The summed E-state index contributed by atoms with van der Waals surface area (Å²) in [6.45, 7) is 14.2. The van der Waals surface area contributed by atoms with Crippen LogP contribution >= 0.6 is 0 Å². The van der Waals surface area contributed by atoms with E-state index in [1.165, 1.54) is 4.90 Å². The number of carbonyl (C=O) groups is 1. The number of hydrogen-bond donors (Lipinski definition) is 1. The summed E-state index contributed by atoms with van der Waals surface area (Å²) in [6.07, 6.45) is 0.0225. The van der Waals surface area contributed by atoms with Crippen molar-refractivity contribution in [1.29, 1.82) is 5.26 Å². The molecule has 0 aliphatic carbocycles. The van der Waals surface area contributed by atoms with Gasteiger partial charge in [-0.05, 0) is 63.6 Å². The molecule has 0 aliphatic rings. The van der Waals surface area contributed by atoms with Gasteiger partial charge in [-0.15, -0.1) is 0 Å². The van der Waals surface area contributed by atoms with Crippen LogP contribution in [0.25, 0.3) is 11.1 Å². The second-order valence-electron chi connectivity index (χ2n) is 9.31. The molecule has 5 nitrogen and oxygen atoms in total. The number of benzene rings is 1. The Balaban J connectivity index is 2.86. The van der Waals surface area contributed by atoms with Crippen LogP contribution in [-0.2, 0) is 19.4 Å². The summed E-state index contributed by atoms with van der Waals surface area (Å²) >= 11 is 0. The average Bonchev–Trinajstić information content (AvgIpc) is 2.61. The first-order chi connectivity index (χ1) is 14.0. The molecule has 1 aromatic carbocycles. The SMILES string of the molecule is Cc1ccc(-c2c(CC#N)c(C)nc(CC(C)C)c2CN(C(=O)O)C(C)(C)C)cc1. The minimum Gasteiger partial charge on any atom is -0.465 e. The van der Waals surface area contributed by atoms with Crippen molar-refractivity contribution >= 4 is 6.09 Å². The van der Waals surface area contributed by atoms with Gasteiger partial charge in [-0.25, -0.2) is 4.79 Å². The number of nitriles is 1. The molecule has 160 valence electrons. The van der Waals surface area contributed by atoms with Gasteiger partial charge in [0.2, 0.25) is 0 Å². The first-order valence-corrected chi connectivity index (χ1v) is 10.4. The van der Waals surface area contributed by atoms with Crippen LogP contribution in [0.3, 0.4) is 0 Å². The van der Waals surface area contributed by atoms with Crippen LogP contribution in [0.1, 0.15) is 62.7 Å². The third-order valence-corrected chi connectivity index (χ3v) is 5.25. The predicted octanol–water partition coefficient (Wildman–Crippen LogP) is 5.91. The van der Waals surface area contributed by atoms with Gasteiger partial charge in [0, 0.05) is 22.5 Å². The van der Waals surface area contributed by atoms with E-state index >= 15 is 0 Å². The zero-order chi connectivity index (χ0) is 22.6. The molecule has 2 aromatic rings. The number of nitrogens with zero attached hydrogens (tertiary/aromatic N) is 3. The minimum absolute atomic E-state index is 0.232. The van der Waals surface area contributed by atoms with Crippen molar-refractivity contribution in [2.24, 2.45) is 5.92 Å². The summed E-state index contributed by atoms with van der Waals surface area (Å²) < 4.78 is 0. The van der Waals surface area contributed by atoms with E-state index in [1.807, 2.05) is 46.8 Å². The Morgan fingerprint density at radius 1 is 1.17 bits per heavy atom. The van der Waals surface area contributed by atoms with Crippen molar-refractivity contribution in [2.45, 2.75) is 73.4 Å². The maximum Gasteiger partial charge on any atom is 0.408 e. The van der Waals surface area contributed by atoms with Crippen molar-refractivity contribution in [3.05, 3.63) is 52.3 Å². The quantitative estimate of drug-likeness (QED) is 0.646. The molecular weight excluding hydrogens is 374 g/mol. The molecule has 2 rings (SSSR count). The van der Waals surface area contributed by atoms with Crippen LogP contribution in [0, 0.1) is 31.1 Å². The van der Waals surface area contributed by atoms with Gasteiger partial charge in [0.05, 0.1) is 19.0 Å². The third-order valence-electron chi connectivity index (χ3n) is 5.25. The van der Waals surface area contributed by atoms with Crippen LogP contribution in [0.5, 0.6) is 0 Å². The van der Waals surface area contributed by atoms with Crippen molar-refractivity contribution in [3.8, 4) is 17.2 Å². The first kappa shape index (κ1) is 23.4. The molecule has 0 unspecified atom stereocenters. The Labute approximate surface area is 180 Å². The Morgan fingerprint density at radius 3 is 2.23 bits per heavy atom. The van der Waals surface area contributed by atoms with E-state index < -0.39 is 11.6 Å².